The van der Waals surface area contributed by atoms with E-state index in [-0.39, 0.29) is 0 Å². The quantitative estimate of drug-likeness (QED) is 0.101. The molecule has 0 spiro atoms. The number of hydrogen-bond donors (Lipinski definition) is 0. The number of hydrogen-bond acceptors (Lipinski definition) is 7. The summed E-state index contributed by atoms with van der Waals surface area (Å²) in [6.07, 6.45) is 0. The van der Waals surface area contributed by atoms with E-state index < -0.39 is 0 Å². The van der Waals surface area contributed by atoms with Crippen molar-refractivity contribution in [1.82, 2.24) is 44.0 Å². The van der Waals surface area contributed by atoms with E-state index in [1.165, 1.54) is 43.8 Å². The maximum atomic E-state index is 5.36. The predicted octanol–water partition coefficient (Wildman–Crippen LogP) is 29.3. The van der Waals surface area contributed by atoms with Crippen LogP contribution in [0.4, 0.5) is 0 Å². The molecule has 0 saturated heterocycles. The topological polar surface area (TPSA) is 100 Å². The van der Waals surface area contributed by atoms with E-state index >= 15 is 0 Å². The molecule has 0 unspecified atom stereocenters. The number of pyridine rings is 2. The molecule has 0 bridgehead atoms. The molecule has 0 N–H and O–H groups in total. The van der Waals surface area contributed by atoms with Crippen LogP contribution in [0, 0.1) is 0 Å². The first-order valence-electron chi connectivity index (χ1n) is 41.8. The lowest BCUT2D eigenvalue weighted by Gasteiger charge is -2.13. The number of rotatable bonds is 15. The third kappa shape index (κ3) is 14.1. The van der Waals surface area contributed by atoms with Crippen LogP contribution in [-0.2, 0) is 0 Å². The SMILES string of the molecule is c1ccc(-c2ccc(-c3cc(-c4ccccc4)nc(-c4ccc(-c5ccc(-c6nc7ccccc7c7c8ccccc8n(-c8ccccc8)c67)cc5)cc4)n3)cc2)cc1.c1ccc(-c2ccc(-c3nc(-c4ccc(-c5ccccc5)cc4)nc(-c4ccc(-c5ccc(-c6nc7ccccc7c7c8ccccc8n(-c8ccccc8)c67)cc5)cc4)n3)cc2)cc1. The van der Waals surface area contributed by atoms with Crippen molar-refractivity contribution in [3.05, 3.63) is 455 Å². The standard InChI is InChI=1S/C60H39N5.C55H36N4/c1-4-14-40(15-5-1)42-26-34-47(35-27-42)58-62-59(48-36-28-43(29-37-48)41-16-6-2-7-17-41)64-60(63-58)49-38-30-45(31-39-49)44-24-32-46(33-25-44)56-57-55(51-20-10-12-22-53(51)61-56)52-21-11-13-23-54(52)65(57)50-18-8-3-9-19-50;1-4-14-37(15-5-1)38-24-30-42(31-25-38)50-36-49(41-16-6-2-7-17-41)57-55(58-50)44-34-28-40(29-35-44)39-26-32-43(33-27-39)53-54-52(46-20-10-12-22-48(46)56-53)47-21-11-13-23-51(47)59(54)45-18-8-3-9-19-45/h1-39H;1-36H. The zero-order valence-electron chi connectivity index (χ0n) is 67.3. The minimum Gasteiger partial charge on any atom is -0.307 e. The first-order chi connectivity index (χ1) is 61.5. The van der Waals surface area contributed by atoms with Crippen LogP contribution in [0.5, 0.6) is 0 Å². The molecule has 23 aromatic rings. The highest BCUT2D eigenvalue weighted by Gasteiger charge is 2.25. The molecule has 23 rings (SSSR count). The van der Waals surface area contributed by atoms with Gasteiger partial charge in [-0.2, -0.15) is 0 Å². The molecule has 6 aromatic heterocycles. The molecule has 0 aliphatic carbocycles. The van der Waals surface area contributed by atoms with Crippen molar-refractivity contribution in [2.45, 2.75) is 0 Å². The average Bonchev–Trinajstić information content (AvgIpc) is 1.56. The Labute approximate surface area is 717 Å². The van der Waals surface area contributed by atoms with Crippen molar-refractivity contribution in [1.29, 1.82) is 0 Å². The van der Waals surface area contributed by atoms with Gasteiger partial charge in [0.25, 0.3) is 0 Å². The monoisotopic (exact) mass is 1580 g/mol. The summed E-state index contributed by atoms with van der Waals surface area (Å²) in [5.74, 6) is 2.56. The molecule has 6 heterocycles. The Morgan fingerprint density at radius 2 is 0.371 bits per heavy atom. The Hall–Kier alpha value is -16.8. The summed E-state index contributed by atoms with van der Waals surface area (Å²) >= 11 is 0. The Kier molecular flexibility index (Phi) is 19.1. The molecule has 17 aromatic carbocycles. The van der Waals surface area contributed by atoms with E-state index in [1.807, 2.05) is 36.4 Å². The molecule has 9 heteroatoms. The predicted molar refractivity (Wildman–Crippen MR) is 512 cm³/mol. The largest absolute Gasteiger partial charge is 0.307 e. The van der Waals surface area contributed by atoms with Crippen molar-refractivity contribution in [2.75, 3.05) is 0 Å². The molecule has 0 fully saturated rings. The van der Waals surface area contributed by atoms with Gasteiger partial charge in [-0.1, -0.05) is 400 Å². The molecule has 0 saturated carbocycles. The molecule has 0 radical (unpaired) electrons. The van der Waals surface area contributed by atoms with Gasteiger partial charge < -0.3 is 9.13 Å². The lowest BCUT2D eigenvalue weighted by molar-refractivity contribution is 1.07. The highest BCUT2D eigenvalue weighted by atomic mass is 15.0. The molecular formula is C115H75N9. The fraction of sp³-hybridized carbons (Fsp3) is 0. The van der Waals surface area contributed by atoms with Crippen LogP contribution in [-0.4, -0.2) is 44.0 Å². The smallest absolute Gasteiger partial charge is 0.164 e. The van der Waals surface area contributed by atoms with Gasteiger partial charge >= 0.3 is 0 Å². The number of fused-ring (bicyclic) bond motifs is 10. The average molecular weight is 1580 g/mol. The van der Waals surface area contributed by atoms with Crippen LogP contribution in [0.25, 0.3) is 223 Å². The van der Waals surface area contributed by atoms with Crippen LogP contribution >= 0.6 is 0 Å². The maximum absolute atomic E-state index is 5.36. The van der Waals surface area contributed by atoms with Crippen LogP contribution in [0.15, 0.2) is 455 Å². The van der Waals surface area contributed by atoms with E-state index in [0.717, 1.165) is 156 Å². The van der Waals surface area contributed by atoms with Crippen molar-refractivity contribution < 1.29 is 0 Å². The van der Waals surface area contributed by atoms with E-state index in [1.54, 1.807) is 0 Å². The number of aromatic nitrogens is 9. The van der Waals surface area contributed by atoms with Gasteiger partial charge in [0.05, 0.1) is 55.9 Å². The maximum Gasteiger partial charge on any atom is 0.164 e. The highest BCUT2D eigenvalue weighted by Crippen LogP contribution is 2.45. The summed E-state index contributed by atoms with van der Waals surface area (Å²) in [5, 5.41) is 7.16. The Morgan fingerprint density at radius 1 is 0.153 bits per heavy atom. The van der Waals surface area contributed by atoms with Gasteiger partial charge in [-0.3, -0.25) is 0 Å². The first-order valence-corrected chi connectivity index (χ1v) is 41.8. The summed E-state index contributed by atoms with van der Waals surface area (Å²) in [5.41, 5.74) is 31.7. The van der Waals surface area contributed by atoms with Gasteiger partial charge in [0.1, 0.15) is 0 Å². The van der Waals surface area contributed by atoms with Gasteiger partial charge in [-0.05, 0) is 110 Å². The second-order valence-corrected chi connectivity index (χ2v) is 31.1. The molecule has 9 nitrogen and oxygen atoms in total. The van der Waals surface area contributed by atoms with Gasteiger partial charge in [0.15, 0.2) is 23.3 Å². The molecular weight excluding hydrogens is 1510 g/mol. The van der Waals surface area contributed by atoms with E-state index in [0.29, 0.717) is 23.3 Å². The fourth-order valence-corrected chi connectivity index (χ4v) is 17.3. The molecule has 0 atom stereocenters. The number of nitrogens with zero attached hydrogens (tertiary/aromatic N) is 9. The zero-order valence-corrected chi connectivity index (χ0v) is 67.3. The van der Waals surface area contributed by atoms with Crippen LogP contribution in [0.2, 0.25) is 0 Å². The van der Waals surface area contributed by atoms with Gasteiger partial charge in [-0.15, -0.1) is 0 Å². The number of para-hydroxylation sites is 6. The Bertz CT molecular complexity index is 7750. The number of benzene rings is 17. The third-order valence-electron chi connectivity index (χ3n) is 23.5. The van der Waals surface area contributed by atoms with Gasteiger partial charge in [0.2, 0.25) is 0 Å². The lowest BCUT2D eigenvalue weighted by atomic mass is 9.99. The molecule has 0 aliphatic rings. The van der Waals surface area contributed by atoms with Crippen molar-refractivity contribution in [3.8, 4) is 158 Å². The summed E-state index contributed by atoms with van der Waals surface area (Å²) < 4.78 is 4.73. The van der Waals surface area contributed by atoms with Gasteiger partial charge in [0, 0.05) is 88.2 Å². The summed E-state index contributed by atoms with van der Waals surface area (Å²) in [4.78, 5) is 36.1. The van der Waals surface area contributed by atoms with Gasteiger partial charge in [-0.25, -0.2) is 34.9 Å². The molecule has 0 amide bonds. The lowest BCUT2D eigenvalue weighted by Crippen LogP contribution is -2.00. The Balaban J connectivity index is 0.000000148. The minimum atomic E-state index is 0.617. The first kappa shape index (κ1) is 73.6. The molecule has 0 aliphatic heterocycles. The molecule has 580 valence electrons. The van der Waals surface area contributed by atoms with E-state index in [2.05, 4.69) is 428 Å². The van der Waals surface area contributed by atoms with Crippen LogP contribution in [0.3, 0.4) is 0 Å². The second-order valence-electron chi connectivity index (χ2n) is 31.1. The van der Waals surface area contributed by atoms with Crippen molar-refractivity contribution >= 4 is 65.4 Å². The van der Waals surface area contributed by atoms with Crippen molar-refractivity contribution in [3.63, 3.8) is 0 Å². The van der Waals surface area contributed by atoms with Crippen molar-refractivity contribution in [2.24, 2.45) is 0 Å². The summed E-state index contributed by atoms with van der Waals surface area (Å²) in [7, 11) is 0. The normalized spacial score (nSPS) is 11.4. The third-order valence-corrected chi connectivity index (χ3v) is 23.5. The fourth-order valence-electron chi connectivity index (χ4n) is 17.3. The highest BCUT2D eigenvalue weighted by molar-refractivity contribution is 6.25. The minimum absolute atomic E-state index is 0.617. The van der Waals surface area contributed by atoms with E-state index in [4.69, 9.17) is 34.9 Å². The zero-order chi connectivity index (χ0) is 82.2. The summed E-state index contributed by atoms with van der Waals surface area (Å²) in [6, 6.07) is 159. The molecule has 124 heavy (non-hydrogen) atoms. The van der Waals surface area contributed by atoms with E-state index in [9.17, 15) is 0 Å². The Morgan fingerprint density at radius 3 is 0.685 bits per heavy atom. The van der Waals surface area contributed by atoms with Crippen LogP contribution < -0.4 is 0 Å². The second kappa shape index (κ2) is 32.2. The van der Waals surface area contributed by atoms with Crippen LogP contribution in [0.1, 0.15) is 0 Å². The summed E-state index contributed by atoms with van der Waals surface area (Å²) in [6.45, 7) is 0.